The number of hydrogen-bond donors (Lipinski definition) is 1. The number of rotatable bonds is 3. The zero-order valence-corrected chi connectivity index (χ0v) is 8.92. The molecule has 2 rings (SSSR count). The Kier molecular flexibility index (Phi) is 2.95. The molecule has 0 aliphatic heterocycles. The summed E-state index contributed by atoms with van der Waals surface area (Å²) in [6, 6.07) is 7.59. The van der Waals surface area contributed by atoms with Gasteiger partial charge < -0.3 is 10.5 Å². The standard InChI is InChI=1S/C11H12N4O/c1-2-16-9-5-3-8(4-6-9)10-7-13-15-11(12)14-10/h3-7H,2H2,1H3,(H2,12,14,15). The van der Waals surface area contributed by atoms with Crippen molar-refractivity contribution in [3.8, 4) is 17.0 Å². The molecule has 82 valence electrons. The van der Waals surface area contributed by atoms with Gasteiger partial charge in [0.2, 0.25) is 5.95 Å². The van der Waals surface area contributed by atoms with E-state index < -0.39 is 0 Å². The monoisotopic (exact) mass is 216 g/mol. The Morgan fingerprint density at radius 3 is 2.62 bits per heavy atom. The van der Waals surface area contributed by atoms with Crippen LogP contribution < -0.4 is 10.5 Å². The average Bonchev–Trinajstić information content (AvgIpc) is 2.30. The molecule has 0 fully saturated rings. The van der Waals surface area contributed by atoms with Crippen LogP contribution in [0.25, 0.3) is 11.3 Å². The molecule has 2 N–H and O–H groups in total. The van der Waals surface area contributed by atoms with Crippen molar-refractivity contribution >= 4 is 5.95 Å². The van der Waals surface area contributed by atoms with E-state index in [0.717, 1.165) is 11.3 Å². The van der Waals surface area contributed by atoms with Crippen LogP contribution in [-0.4, -0.2) is 21.8 Å². The van der Waals surface area contributed by atoms with E-state index in [0.29, 0.717) is 12.3 Å². The molecule has 5 nitrogen and oxygen atoms in total. The van der Waals surface area contributed by atoms with Crippen molar-refractivity contribution in [2.45, 2.75) is 6.92 Å². The topological polar surface area (TPSA) is 73.9 Å². The Morgan fingerprint density at radius 1 is 1.25 bits per heavy atom. The molecule has 0 unspecified atom stereocenters. The van der Waals surface area contributed by atoms with E-state index >= 15 is 0 Å². The maximum atomic E-state index is 5.46. The average molecular weight is 216 g/mol. The van der Waals surface area contributed by atoms with E-state index in [2.05, 4.69) is 15.2 Å². The maximum Gasteiger partial charge on any atom is 0.240 e. The van der Waals surface area contributed by atoms with Crippen LogP contribution in [0.4, 0.5) is 5.95 Å². The predicted octanol–water partition coefficient (Wildman–Crippen LogP) is 1.52. The van der Waals surface area contributed by atoms with Gasteiger partial charge in [-0.05, 0) is 31.2 Å². The third-order valence-electron chi connectivity index (χ3n) is 2.04. The van der Waals surface area contributed by atoms with E-state index in [-0.39, 0.29) is 5.95 Å². The molecule has 0 amide bonds. The number of aromatic nitrogens is 3. The van der Waals surface area contributed by atoms with Crippen molar-refractivity contribution in [2.75, 3.05) is 12.3 Å². The number of hydrogen-bond acceptors (Lipinski definition) is 5. The minimum Gasteiger partial charge on any atom is -0.494 e. The molecule has 0 radical (unpaired) electrons. The summed E-state index contributed by atoms with van der Waals surface area (Å²) in [7, 11) is 0. The lowest BCUT2D eigenvalue weighted by Crippen LogP contribution is -1.98. The van der Waals surface area contributed by atoms with Crippen molar-refractivity contribution in [2.24, 2.45) is 0 Å². The van der Waals surface area contributed by atoms with E-state index in [9.17, 15) is 0 Å². The van der Waals surface area contributed by atoms with Gasteiger partial charge >= 0.3 is 0 Å². The fourth-order valence-electron chi connectivity index (χ4n) is 1.35. The van der Waals surface area contributed by atoms with Crippen molar-refractivity contribution in [3.05, 3.63) is 30.5 Å². The molecule has 0 aliphatic carbocycles. The molecule has 0 aliphatic rings. The smallest absolute Gasteiger partial charge is 0.240 e. The van der Waals surface area contributed by atoms with Crippen molar-refractivity contribution in [1.29, 1.82) is 0 Å². The molecule has 5 heteroatoms. The minimum atomic E-state index is 0.173. The molecule has 2 aromatic rings. The van der Waals surface area contributed by atoms with Gasteiger partial charge in [0, 0.05) is 5.56 Å². The Morgan fingerprint density at radius 2 is 2.00 bits per heavy atom. The Labute approximate surface area is 93.3 Å². The van der Waals surface area contributed by atoms with Crippen molar-refractivity contribution < 1.29 is 4.74 Å². The molecule has 1 heterocycles. The first-order valence-electron chi connectivity index (χ1n) is 4.98. The first kappa shape index (κ1) is 10.4. The summed E-state index contributed by atoms with van der Waals surface area (Å²) in [5.74, 6) is 1.01. The second-order valence-electron chi connectivity index (χ2n) is 3.16. The lowest BCUT2D eigenvalue weighted by molar-refractivity contribution is 0.340. The van der Waals surface area contributed by atoms with Crippen LogP contribution in [0.3, 0.4) is 0 Å². The van der Waals surface area contributed by atoms with Gasteiger partial charge in [-0.15, -0.1) is 5.10 Å². The fraction of sp³-hybridized carbons (Fsp3) is 0.182. The minimum absolute atomic E-state index is 0.173. The van der Waals surface area contributed by atoms with Gasteiger partial charge in [0.25, 0.3) is 0 Å². The summed E-state index contributed by atoms with van der Waals surface area (Å²) in [5.41, 5.74) is 7.10. The first-order chi connectivity index (χ1) is 7.79. The normalized spacial score (nSPS) is 10.1. The highest BCUT2D eigenvalue weighted by Crippen LogP contribution is 2.20. The largest absolute Gasteiger partial charge is 0.494 e. The second-order valence-corrected chi connectivity index (χ2v) is 3.16. The zero-order chi connectivity index (χ0) is 11.4. The molecule has 0 bridgehead atoms. The highest BCUT2D eigenvalue weighted by molar-refractivity contribution is 5.59. The zero-order valence-electron chi connectivity index (χ0n) is 8.92. The van der Waals surface area contributed by atoms with Gasteiger partial charge in [-0.25, -0.2) is 4.98 Å². The molecular weight excluding hydrogens is 204 g/mol. The SMILES string of the molecule is CCOc1ccc(-c2cnnc(N)n2)cc1. The van der Waals surface area contributed by atoms with Gasteiger partial charge in [-0.3, -0.25) is 0 Å². The molecule has 0 saturated carbocycles. The van der Waals surface area contributed by atoms with Crippen LogP contribution in [0, 0.1) is 0 Å². The molecule has 1 aromatic heterocycles. The first-order valence-corrected chi connectivity index (χ1v) is 4.98. The van der Waals surface area contributed by atoms with Gasteiger partial charge in [0.1, 0.15) is 5.75 Å². The quantitative estimate of drug-likeness (QED) is 0.841. The third kappa shape index (κ3) is 2.25. The van der Waals surface area contributed by atoms with Gasteiger partial charge in [-0.1, -0.05) is 0 Å². The lowest BCUT2D eigenvalue weighted by Gasteiger charge is -2.04. The second kappa shape index (κ2) is 4.57. The van der Waals surface area contributed by atoms with Crippen LogP contribution >= 0.6 is 0 Å². The van der Waals surface area contributed by atoms with Gasteiger partial charge in [0.15, 0.2) is 0 Å². The molecule has 1 aromatic carbocycles. The number of nitrogen functional groups attached to an aromatic ring is 1. The number of anilines is 1. The number of benzene rings is 1. The molecule has 0 spiro atoms. The lowest BCUT2D eigenvalue weighted by atomic mass is 10.1. The van der Waals surface area contributed by atoms with Crippen LogP contribution in [0.2, 0.25) is 0 Å². The van der Waals surface area contributed by atoms with Gasteiger partial charge in [-0.2, -0.15) is 5.10 Å². The van der Waals surface area contributed by atoms with Crippen molar-refractivity contribution in [1.82, 2.24) is 15.2 Å². The summed E-state index contributed by atoms with van der Waals surface area (Å²) < 4.78 is 5.35. The number of nitrogens with zero attached hydrogens (tertiary/aromatic N) is 3. The predicted molar refractivity (Wildman–Crippen MR) is 60.8 cm³/mol. The molecule has 0 saturated heterocycles. The fourth-order valence-corrected chi connectivity index (χ4v) is 1.35. The Bertz CT molecular complexity index is 470. The summed E-state index contributed by atoms with van der Waals surface area (Å²) in [4.78, 5) is 4.08. The van der Waals surface area contributed by atoms with Crippen LogP contribution in [0.15, 0.2) is 30.5 Å². The molecule has 0 atom stereocenters. The number of nitrogens with two attached hydrogens (primary N) is 1. The maximum absolute atomic E-state index is 5.46. The van der Waals surface area contributed by atoms with E-state index in [4.69, 9.17) is 10.5 Å². The Hall–Kier alpha value is -2.17. The highest BCUT2D eigenvalue weighted by atomic mass is 16.5. The van der Waals surface area contributed by atoms with Gasteiger partial charge in [0.05, 0.1) is 18.5 Å². The summed E-state index contributed by atoms with van der Waals surface area (Å²) in [6.45, 7) is 2.60. The van der Waals surface area contributed by atoms with Crippen molar-refractivity contribution in [3.63, 3.8) is 0 Å². The molecular formula is C11H12N4O. The summed E-state index contributed by atoms with van der Waals surface area (Å²) in [5, 5.41) is 7.35. The Balaban J connectivity index is 2.27. The van der Waals surface area contributed by atoms with E-state index in [1.165, 1.54) is 0 Å². The van der Waals surface area contributed by atoms with Crippen LogP contribution in [0.5, 0.6) is 5.75 Å². The van der Waals surface area contributed by atoms with E-state index in [1.807, 2.05) is 31.2 Å². The third-order valence-corrected chi connectivity index (χ3v) is 2.04. The van der Waals surface area contributed by atoms with E-state index in [1.54, 1.807) is 6.20 Å². The van der Waals surface area contributed by atoms with Crippen LogP contribution in [-0.2, 0) is 0 Å². The summed E-state index contributed by atoms with van der Waals surface area (Å²) >= 11 is 0. The number of ether oxygens (including phenoxy) is 1. The van der Waals surface area contributed by atoms with Crippen LogP contribution in [0.1, 0.15) is 6.92 Å². The molecule has 16 heavy (non-hydrogen) atoms. The summed E-state index contributed by atoms with van der Waals surface area (Å²) in [6.07, 6.45) is 1.58. The highest BCUT2D eigenvalue weighted by Gasteiger charge is 2.01.